The average molecular weight is 182 g/mol. The van der Waals surface area contributed by atoms with E-state index in [1.165, 1.54) is 23.4 Å². The van der Waals surface area contributed by atoms with E-state index in [1.807, 2.05) is 0 Å². The van der Waals surface area contributed by atoms with Crippen molar-refractivity contribution < 1.29 is 0 Å². The highest BCUT2D eigenvalue weighted by atomic mass is 32.1. The van der Waals surface area contributed by atoms with Gasteiger partial charge in [-0.25, -0.2) is 4.98 Å². The van der Waals surface area contributed by atoms with E-state index in [4.69, 9.17) is 5.73 Å². The van der Waals surface area contributed by atoms with E-state index in [0.717, 1.165) is 11.0 Å². The fourth-order valence-corrected chi connectivity index (χ4v) is 2.35. The highest BCUT2D eigenvalue weighted by Gasteiger charge is 2.29. The lowest BCUT2D eigenvalue weighted by molar-refractivity contribution is 0.853. The summed E-state index contributed by atoms with van der Waals surface area (Å²) in [7, 11) is 0. The van der Waals surface area contributed by atoms with Crippen molar-refractivity contribution in [3.05, 3.63) is 10.6 Å². The SMILES string of the molecule is CC(C)c1sc(N)nc1C1CC1. The van der Waals surface area contributed by atoms with Gasteiger partial charge in [-0.1, -0.05) is 13.8 Å². The largest absolute Gasteiger partial charge is 0.375 e. The zero-order chi connectivity index (χ0) is 8.72. The van der Waals surface area contributed by atoms with Crippen LogP contribution in [0.1, 0.15) is 49.1 Å². The first-order valence-corrected chi connectivity index (χ1v) is 5.26. The van der Waals surface area contributed by atoms with Crippen molar-refractivity contribution in [1.29, 1.82) is 0 Å². The van der Waals surface area contributed by atoms with Gasteiger partial charge in [0, 0.05) is 10.8 Å². The van der Waals surface area contributed by atoms with Crippen LogP contribution >= 0.6 is 11.3 Å². The molecule has 0 saturated heterocycles. The van der Waals surface area contributed by atoms with E-state index < -0.39 is 0 Å². The minimum atomic E-state index is 0.579. The van der Waals surface area contributed by atoms with Crippen LogP contribution in [0, 0.1) is 0 Å². The molecule has 0 amide bonds. The van der Waals surface area contributed by atoms with Crippen molar-refractivity contribution in [2.24, 2.45) is 0 Å². The standard InChI is InChI=1S/C9H14N2S/c1-5(2)8-7(6-3-4-6)11-9(10)12-8/h5-6H,3-4H2,1-2H3,(H2,10,11). The lowest BCUT2D eigenvalue weighted by Crippen LogP contribution is -1.90. The number of nitrogens with zero attached hydrogens (tertiary/aromatic N) is 1. The van der Waals surface area contributed by atoms with Gasteiger partial charge in [0.05, 0.1) is 5.69 Å². The highest BCUT2D eigenvalue weighted by molar-refractivity contribution is 7.15. The molecule has 3 heteroatoms. The molecule has 0 bridgehead atoms. The van der Waals surface area contributed by atoms with Crippen LogP contribution in [0.3, 0.4) is 0 Å². The molecule has 1 aromatic rings. The van der Waals surface area contributed by atoms with Gasteiger partial charge in [0.15, 0.2) is 5.13 Å². The second-order valence-electron chi connectivity index (χ2n) is 3.73. The van der Waals surface area contributed by atoms with Gasteiger partial charge in [-0.3, -0.25) is 0 Å². The van der Waals surface area contributed by atoms with Crippen molar-refractivity contribution in [3.63, 3.8) is 0 Å². The molecule has 0 radical (unpaired) electrons. The number of hydrogen-bond acceptors (Lipinski definition) is 3. The van der Waals surface area contributed by atoms with E-state index in [9.17, 15) is 0 Å². The van der Waals surface area contributed by atoms with Crippen LogP contribution in [0.15, 0.2) is 0 Å². The summed E-state index contributed by atoms with van der Waals surface area (Å²) in [6.45, 7) is 4.41. The summed E-state index contributed by atoms with van der Waals surface area (Å²) in [4.78, 5) is 5.79. The van der Waals surface area contributed by atoms with Crippen molar-refractivity contribution in [2.45, 2.75) is 38.5 Å². The summed E-state index contributed by atoms with van der Waals surface area (Å²) in [5.74, 6) is 1.31. The maximum absolute atomic E-state index is 5.69. The highest BCUT2D eigenvalue weighted by Crippen LogP contribution is 2.45. The van der Waals surface area contributed by atoms with E-state index in [1.54, 1.807) is 11.3 Å². The minimum absolute atomic E-state index is 0.579. The summed E-state index contributed by atoms with van der Waals surface area (Å²) in [5.41, 5.74) is 6.97. The van der Waals surface area contributed by atoms with Gasteiger partial charge in [0.1, 0.15) is 0 Å². The Morgan fingerprint density at radius 3 is 2.67 bits per heavy atom. The average Bonchev–Trinajstić information content (AvgIpc) is 2.75. The first-order valence-electron chi connectivity index (χ1n) is 4.44. The predicted octanol–water partition coefficient (Wildman–Crippen LogP) is 2.73. The molecule has 1 fully saturated rings. The van der Waals surface area contributed by atoms with Gasteiger partial charge in [0.25, 0.3) is 0 Å². The molecule has 0 unspecified atom stereocenters. The predicted molar refractivity (Wildman–Crippen MR) is 52.6 cm³/mol. The normalized spacial score (nSPS) is 17.2. The summed E-state index contributed by atoms with van der Waals surface area (Å²) >= 11 is 1.66. The van der Waals surface area contributed by atoms with Crippen LogP contribution in [-0.4, -0.2) is 4.98 Å². The second-order valence-corrected chi connectivity index (χ2v) is 4.79. The van der Waals surface area contributed by atoms with Gasteiger partial charge < -0.3 is 5.73 Å². The Morgan fingerprint density at radius 1 is 1.50 bits per heavy atom. The van der Waals surface area contributed by atoms with Crippen molar-refractivity contribution in [2.75, 3.05) is 5.73 Å². The van der Waals surface area contributed by atoms with Crippen molar-refractivity contribution in [3.8, 4) is 0 Å². The number of anilines is 1. The zero-order valence-corrected chi connectivity index (χ0v) is 8.32. The van der Waals surface area contributed by atoms with Crippen LogP contribution in [0.5, 0.6) is 0 Å². The Balaban J connectivity index is 2.36. The monoisotopic (exact) mass is 182 g/mol. The Kier molecular flexibility index (Phi) is 1.83. The topological polar surface area (TPSA) is 38.9 Å². The Labute approximate surface area is 76.8 Å². The molecule has 1 saturated carbocycles. The summed E-state index contributed by atoms with van der Waals surface area (Å²) < 4.78 is 0. The maximum Gasteiger partial charge on any atom is 0.180 e. The number of thiazole rings is 1. The van der Waals surface area contributed by atoms with Crippen molar-refractivity contribution in [1.82, 2.24) is 4.98 Å². The third-order valence-electron chi connectivity index (χ3n) is 2.19. The van der Waals surface area contributed by atoms with E-state index in [0.29, 0.717) is 5.92 Å². The molecule has 2 nitrogen and oxygen atoms in total. The molecule has 0 atom stereocenters. The van der Waals surface area contributed by atoms with Crippen LogP contribution in [0.25, 0.3) is 0 Å². The van der Waals surface area contributed by atoms with Crippen LogP contribution < -0.4 is 5.73 Å². The van der Waals surface area contributed by atoms with E-state index in [-0.39, 0.29) is 0 Å². The fraction of sp³-hybridized carbons (Fsp3) is 0.667. The smallest absolute Gasteiger partial charge is 0.180 e. The molecule has 12 heavy (non-hydrogen) atoms. The number of rotatable bonds is 2. The minimum Gasteiger partial charge on any atom is -0.375 e. The van der Waals surface area contributed by atoms with Crippen LogP contribution in [0.2, 0.25) is 0 Å². The quantitative estimate of drug-likeness (QED) is 0.763. The Hall–Kier alpha value is -0.570. The molecular formula is C9H14N2S. The van der Waals surface area contributed by atoms with Gasteiger partial charge >= 0.3 is 0 Å². The van der Waals surface area contributed by atoms with E-state index in [2.05, 4.69) is 18.8 Å². The zero-order valence-electron chi connectivity index (χ0n) is 7.50. The van der Waals surface area contributed by atoms with Crippen LogP contribution in [-0.2, 0) is 0 Å². The molecule has 1 aromatic heterocycles. The second kappa shape index (κ2) is 2.73. The van der Waals surface area contributed by atoms with Gasteiger partial charge in [-0.2, -0.15) is 0 Å². The van der Waals surface area contributed by atoms with Gasteiger partial charge in [-0.15, -0.1) is 11.3 Å². The van der Waals surface area contributed by atoms with Gasteiger partial charge in [-0.05, 0) is 18.8 Å². The third-order valence-corrected chi connectivity index (χ3v) is 3.39. The lowest BCUT2D eigenvalue weighted by atomic mass is 10.1. The first-order chi connectivity index (χ1) is 5.68. The maximum atomic E-state index is 5.69. The molecule has 66 valence electrons. The summed E-state index contributed by atoms with van der Waals surface area (Å²) in [6, 6.07) is 0. The molecule has 2 rings (SSSR count). The molecule has 0 spiro atoms. The Bertz CT molecular complexity index is 267. The fourth-order valence-electron chi connectivity index (χ4n) is 1.42. The van der Waals surface area contributed by atoms with Crippen LogP contribution in [0.4, 0.5) is 5.13 Å². The molecular weight excluding hydrogens is 168 g/mol. The van der Waals surface area contributed by atoms with E-state index >= 15 is 0 Å². The summed E-state index contributed by atoms with van der Waals surface area (Å²) in [5, 5.41) is 0.737. The molecule has 1 aliphatic carbocycles. The number of nitrogen functional groups attached to an aromatic ring is 1. The first kappa shape index (κ1) is 8.05. The summed E-state index contributed by atoms with van der Waals surface area (Å²) in [6.07, 6.45) is 2.62. The Morgan fingerprint density at radius 2 is 2.17 bits per heavy atom. The third kappa shape index (κ3) is 1.33. The molecule has 1 aliphatic rings. The molecule has 1 heterocycles. The van der Waals surface area contributed by atoms with Crippen molar-refractivity contribution >= 4 is 16.5 Å². The number of hydrogen-bond donors (Lipinski definition) is 1. The molecule has 0 aromatic carbocycles. The molecule has 2 N–H and O–H groups in total. The van der Waals surface area contributed by atoms with Gasteiger partial charge in [0.2, 0.25) is 0 Å². The molecule has 0 aliphatic heterocycles. The lowest BCUT2D eigenvalue weighted by Gasteiger charge is -2.02. The number of aromatic nitrogens is 1. The number of nitrogens with two attached hydrogens (primary N) is 1.